The molecule has 0 N–H and O–H groups in total. The summed E-state index contributed by atoms with van der Waals surface area (Å²) in [7, 11) is 3.36. The number of ether oxygens (including phenoxy) is 1. The molecule has 6 nitrogen and oxygen atoms in total. The van der Waals surface area contributed by atoms with Gasteiger partial charge < -0.3 is 9.64 Å². The van der Waals surface area contributed by atoms with Crippen LogP contribution in [0, 0.1) is 6.92 Å². The Balaban J connectivity index is 1.83. The quantitative estimate of drug-likeness (QED) is 0.718. The van der Waals surface area contributed by atoms with Gasteiger partial charge in [-0.2, -0.15) is 5.10 Å². The smallest absolute Gasteiger partial charge is 0.270 e. The first-order valence-electron chi connectivity index (χ1n) is 8.32. The van der Waals surface area contributed by atoms with Crippen LogP contribution < -0.4 is 15.2 Å². The molecule has 0 fully saturated rings. The lowest BCUT2D eigenvalue weighted by Gasteiger charge is -2.31. The summed E-state index contributed by atoms with van der Waals surface area (Å²) in [5.74, 6) is 0.774. The molecule has 1 aliphatic heterocycles. The third-order valence-electron chi connectivity index (χ3n) is 4.79. The van der Waals surface area contributed by atoms with E-state index in [0.29, 0.717) is 6.54 Å². The van der Waals surface area contributed by atoms with E-state index in [1.54, 1.807) is 20.4 Å². The van der Waals surface area contributed by atoms with E-state index in [4.69, 9.17) is 4.74 Å². The first-order chi connectivity index (χ1) is 12.1. The minimum atomic E-state index is 0.00888. The van der Waals surface area contributed by atoms with Crippen LogP contribution in [0.25, 0.3) is 10.9 Å². The zero-order chi connectivity index (χ0) is 17.6. The minimum Gasteiger partial charge on any atom is -0.494 e. The van der Waals surface area contributed by atoms with Gasteiger partial charge in [-0.25, -0.2) is 9.67 Å². The van der Waals surface area contributed by atoms with Crippen molar-refractivity contribution in [3.8, 4) is 5.75 Å². The van der Waals surface area contributed by atoms with E-state index in [2.05, 4.69) is 27.1 Å². The third kappa shape index (κ3) is 2.54. The van der Waals surface area contributed by atoms with Gasteiger partial charge in [0.1, 0.15) is 11.3 Å². The van der Waals surface area contributed by atoms with Crippen LogP contribution in [0.1, 0.15) is 16.8 Å². The zero-order valence-corrected chi connectivity index (χ0v) is 14.6. The molecule has 4 rings (SSSR count). The Kier molecular flexibility index (Phi) is 3.67. The molecule has 0 unspecified atom stereocenters. The number of aryl methyl sites for hydroxylation is 2. The highest BCUT2D eigenvalue weighted by Crippen LogP contribution is 2.34. The van der Waals surface area contributed by atoms with Crippen LogP contribution in [0.5, 0.6) is 5.75 Å². The van der Waals surface area contributed by atoms with Crippen LogP contribution in [0.15, 0.2) is 35.3 Å². The van der Waals surface area contributed by atoms with Gasteiger partial charge in [0.05, 0.1) is 13.3 Å². The predicted octanol–water partition coefficient (Wildman–Crippen LogP) is 2.21. The molecule has 0 radical (unpaired) electrons. The van der Waals surface area contributed by atoms with Crippen molar-refractivity contribution in [2.75, 3.05) is 18.6 Å². The number of hydrogen-bond donors (Lipinski definition) is 0. The summed E-state index contributed by atoms with van der Waals surface area (Å²) in [4.78, 5) is 19.2. The van der Waals surface area contributed by atoms with Gasteiger partial charge >= 0.3 is 0 Å². The lowest BCUT2D eigenvalue weighted by Crippen LogP contribution is -2.36. The second kappa shape index (κ2) is 5.88. The number of anilines is 1. The van der Waals surface area contributed by atoms with Crippen molar-refractivity contribution >= 4 is 16.6 Å². The summed E-state index contributed by atoms with van der Waals surface area (Å²) in [6, 6.07) is 8.08. The Morgan fingerprint density at radius 3 is 2.92 bits per heavy atom. The van der Waals surface area contributed by atoms with E-state index >= 15 is 0 Å². The maximum atomic E-state index is 12.3. The van der Waals surface area contributed by atoms with Crippen LogP contribution >= 0.6 is 0 Å². The number of aromatic nitrogens is 3. The molecule has 25 heavy (non-hydrogen) atoms. The molecule has 0 saturated heterocycles. The lowest BCUT2D eigenvalue weighted by molar-refractivity contribution is 0.419. The highest BCUT2D eigenvalue weighted by molar-refractivity contribution is 5.95. The van der Waals surface area contributed by atoms with Gasteiger partial charge in [0.15, 0.2) is 0 Å². The molecule has 3 heterocycles. The van der Waals surface area contributed by atoms with Gasteiger partial charge in [-0.05, 0) is 25.5 Å². The second-order valence-corrected chi connectivity index (χ2v) is 6.39. The van der Waals surface area contributed by atoms with Crippen molar-refractivity contribution in [3.63, 3.8) is 0 Å². The molecular formula is C19H20N4O2. The van der Waals surface area contributed by atoms with Gasteiger partial charge in [-0.15, -0.1) is 0 Å². The summed E-state index contributed by atoms with van der Waals surface area (Å²) >= 11 is 0. The molecule has 0 spiro atoms. The van der Waals surface area contributed by atoms with E-state index in [1.807, 2.05) is 19.1 Å². The van der Waals surface area contributed by atoms with Gasteiger partial charge in [-0.3, -0.25) is 4.79 Å². The molecule has 128 valence electrons. The van der Waals surface area contributed by atoms with Crippen LogP contribution in [0.4, 0.5) is 5.69 Å². The highest BCUT2D eigenvalue weighted by atomic mass is 16.5. The maximum Gasteiger partial charge on any atom is 0.270 e. The number of methoxy groups -OCH3 is 1. The van der Waals surface area contributed by atoms with E-state index in [-0.39, 0.29) is 5.56 Å². The van der Waals surface area contributed by atoms with Gasteiger partial charge in [0, 0.05) is 48.0 Å². The lowest BCUT2D eigenvalue weighted by atomic mass is 10.0. The Labute approximate surface area is 145 Å². The van der Waals surface area contributed by atoms with Crippen LogP contribution in [0.2, 0.25) is 0 Å². The number of pyridine rings is 1. The van der Waals surface area contributed by atoms with Gasteiger partial charge in [0.25, 0.3) is 5.56 Å². The molecular weight excluding hydrogens is 316 g/mol. The molecule has 1 aliphatic rings. The highest BCUT2D eigenvalue weighted by Gasteiger charge is 2.22. The van der Waals surface area contributed by atoms with Crippen molar-refractivity contribution in [2.24, 2.45) is 7.05 Å². The van der Waals surface area contributed by atoms with Crippen LogP contribution in [-0.2, 0) is 20.0 Å². The molecule has 0 amide bonds. The SMILES string of the molecule is COc1cccc2c(N3CCc4c(cnn(C)c4=O)C3)cc(C)nc12. The molecule has 3 aromatic rings. The third-order valence-corrected chi connectivity index (χ3v) is 4.79. The number of nitrogens with zero attached hydrogens (tertiary/aromatic N) is 4. The van der Waals surface area contributed by atoms with Crippen molar-refractivity contribution in [2.45, 2.75) is 19.9 Å². The Hall–Kier alpha value is -2.89. The number of para-hydroxylation sites is 1. The van der Waals surface area contributed by atoms with Crippen LogP contribution in [-0.4, -0.2) is 28.4 Å². The number of benzene rings is 1. The Morgan fingerprint density at radius 2 is 2.12 bits per heavy atom. The number of fused-ring (bicyclic) bond motifs is 2. The standard InChI is InChI=1S/C19H20N4O2/c1-12-9-16(15-5-4-6-17(25-3)18(15)21-12)23-8-7-14-13(11-23)10-20-22(2)19(14)24/h4-6,9-10H,7-8,11H2,1-3H3. The largest absolute Gasteiger partial charge is 0.494 e. The van der Waals surface area contributed by atoms with E-state index < -0.39 is 0 Å². The number of rotatable bonds is 2. The fraction of sp³-hybridized carbons (Fsp3) is 0.316. The summed E-state index contributed by atoms with van der Waals surface area (Å²) in [5, 5.41) is 5.23. The topological polar surface area (TPSA) is 60.2 Å². The van der Waals surface area contributed by atoms with Crippen molar-refractivity contribution < 1.29 is 4.74 Å². The first-order valence-corrected chi connectivity index (χ1v) is 8.32. The van der Waals surface area contributed by atoms with Crippen molar-refractivity contribution in [1.29, 1.82) is 0 Å². The summed E-state index contributed by atoms with van der Waals surface area (Å²) in [6.45, 7) is 3.46. The van der Waals surface area contributed by atoms with Crippen LogP contribution in [0.3, 0.4) is 0 Å². The summed E-state index contributed by atoms with van der Waals surface area (Å²) < 4.78 is 6.88. The van der Waals surface area contributed by atoms with Gasteiger partial charge in [-0.1, -0.05) is 12.1 Å². The van der Waals surface area contributed by atoms with Crippen molar-refractivity contribution in [1.82, 2.24) is 14.8 Å². The average Bonchev–Trinajstić information content (AvgIpc) is 2.63. The molecule has 1 aromatic carbocycles. The fourth-order valence-corrected chi connectivity index (χ4v) is 3.52. The summed E-state index contributed by atoms with van der Waals surface area (Å²) in [5.41, 5.74) is 4.82. The molecule has 0 saturated carbocycles. The zero-order valence-electron chi connectivity index (χ0n) is 14.6. The van der Waals surface area contributed by atoms with Gasteiger partial charge in [0.2, 0.25) is 0 Å². The molecule has 0 aliphatic carbocycles. The predicted molar refractivity (Wildman–Crippen MR) is 97.3 cm³/mol. The molecule has 2 aromatic heterocycles. The van der Waals surface area contributed by atoms with E-state index in [9.17, 15) is 4.79 Å². The fourth-order valence-electron chi connectivity index (χ4n) is 3.52. The summed E-state index contributed by atoms with van der Waals surface area (Å²) in [6.07, 6.45) is 2.52. The molecule has 0 bridgehead atoms. The molecule has 6 heteroatoms. The van der Waals surface area contributed by atoms with E-state index in [1.165, 1.54) is 4.68 Å². The second-order valence-electron chi connectivity index (χ2n) is 6.39. The normalized spacial score (nSPS) is 13.8. The molecule has 0 atom stereocenters. The monoisotopic (exact) mass is 336 g/mol. The minimum absolute atomic E-state index is 0.00888. The average molecular weight is 336 g/mol. The Morgan fingerprint density at radius 1 is 1.28 bits per heavy atom. The number of hydrogen-bond acceptors (Lipinski definition) is 5. The Bertz CT molecular complexity index is 1030. The first kappa shape index (κ1) is 15.6. The van der Waals surface area contributed by atoms with Crippen molar-refractivity contribution in [3.05, 3.63) is 57.6 Å². The van der Waals surface area contributed by atoms with E-state index in [0.717, 1.165) is 52.1 Å². The maximum absolute atomic E-state index is 12.3.